The van der Waals surface area contributed by atoms with Crippen molar-refractivity contribution in [3.63, 3.8) is 0 Å². The highest BCUT2D eigenvalue weighted by Crippen LogP contribution is 2.17. The minimum Gasteiger partial charge on any atom is -0.320 e. The standard InChI is InChI=1S/C13H21N5O2S/c1-3-9(2)11(14)12(19)17-5-4-6-18(17)13(20)16-10-7-21-8-15-10/h7-9,11H,3-6,14H2,1-2H3,(H,16,20)/t9-,11-/m0/s1. The molecule has 0 aromatic carbocycles. The summed E-state index contributed by atoms with van der Waals surface area (Å²) in [5.74, 6) is 0.382. The van der Waals surface area contributed by atoms with Gasteiger partial charge in [-0.1, -0.05) is 20.3 Å². The van der Waals surface area contributed by atoms with Crippen LogP contribution < -0.4 is 11.1 Å². The molecule has 2 atom stereocenters. The lowest BCUT2D eigenvalue weighted by molar-refractivity contribution is -0.142. The molecular formula is C13H21N5O2S. The van der Waals surface area contributed by atoms with Gasteiger partial charge in [0.15, 0.2) is 0 Å². The molecule has 21 heavy (non-hydrogen) atoms. The summed E-state index contributed by atoms with van der Waals surface area (Å²) in [7, 11) is 0. The molecule has 7 nitrogen and oxygen atoms in total. The number of rotatable bonds is 4. The molecule has 2 rings (SSSR count). The molecule has 0 radical (unpaired) electrons. The van der Waals surface area contributed by atoms with Crippen molar-refractivity contribution in [2.45, 2.75) is 32.7 Å². The second kappa shape index (κ2) is 6.86. The summed E-state index contributed by atoms with van der Waals surface area (Å²) >= 11 is 1.40. The molecule has 3 amide bonds. The maximum absolute atomic E-state index is 12.4. The molecule has 1 saturated heterocycles. The minimum atomic E-state index is -0.581. The van der Waals surface area contributed by atoms with Gasteiger partial charge in [-0.15, -0.1) is 11.3 Å². The van der Waals surface area contributed by atoms with Crippen LogP contribution in [0.1, 0.15) is 26.7 Å². The summed E-state index contributed by atoms with van der Waals surface area (Å²) < 4.78 is 0. The zero-order chi connectivity index (χ0) is 15.4. The molecule has 0 saturated carbocycles. The van der Waals surface area contributed by atoms with Gasteiger partial charge < -0.3 is 5.73 Å². The van der Waals surface area contributed by atoms with E-state index in [9.17, 15) is 9.59 Å². The average Bonchev–Trinajstić information content (AvgIpc) is 3.15. The zero-order valence-electron chi connectivity index (χ0n) is 12.3. The van der Waals surface area contributed by atoms with E-state index in [1.165, 1.54) is 21.4 Å². The van der Waals surface area contributed by atoms with Gasteiger partial charge in [0.2, 0.25) is 0 Å². The minimum absolute atomic E-state index is 0.0848. The Kier molecular flexibility index (Phi) is 5.13. The van der Waals surface area contributed by atoms with E-state index in [0.717, 1.165) is 12.8 Å². The molecule has 2 heterocycles. The second-order valence-corrected chi connectivity index (χ2v) is 5.87. The quantitative estimate of drug-likeness (QED) is 0.881. The van der Waals surface area contributed by atoms with Crippen molar-refractivity contribution in [2.75, 3.05) is 18.4 Å². The molecule has 1 aromatic rings. The lowest BCUT2D eigenvalue weighted by atomic mass is 9.99. The Bertz CT molecular complexity index is 493. The first-order chi connectivity index (χ1) is 10.0. The SMILES string of the molecule is CC[C@H](C)[C@H](N)C(=O)N1CCCN1C(=O)Nc1cscn1. The van der Waals surface area contributed by atoms with Crippen molar-refractivity contribution in [1.82, 2.24) is 15.0 Å². The van der Waals surface area contributed by atoms with Crippen LogP contribution in [-0.4, -0.2) is 46.1 Å². The summed E-state index contributed by atoms with van der Waals surface area (Å²) in [5, 5.41) is 7.30. The second-order valence-electron chi connectivity index (χ2n) is 5.15. The number of nitrogens with two attached hydrogens (primary N) is 1. The summed E-state index contributed by atoms with van der Waals surface area (Å²) in [6, 6.07) is -0.925. The third kappa shape index (κ3) is 3.51. The van der Waals surface area contributed by atoms with E-state index < -0.39 is 6.04 Å². The smallest absolute Gasteiger partial charge is 0.320 e. The van der Waals surface area contributed by atoms with Crippen LogP contribution in [0.2, 0.25) is 0 Å². The first kappa shape index (κ1) is 15.7. The summed E-state index contributed by atoms with van der Waals surface area (Å²) in [4.78, 5) is 28.7. The Morgan fingerprint density at radius 1 is 1.48 bits per heavy atom. The Balaban J connectivity index is 2.02. The molecule has 116 valence electrons. The highest BCUT2D eigenvalue weighted by molar-refractivity contribution is 7.07. The predicted octanol–water partition coefficient (Wildman–Crippen LogP) is 1.50. The fraction of sp³-hybridized carbons (Fsp3) is 0.615. The third-order valence-electron chi connectivity index (χ3n) is 3.73. The van der Waals surface area contributed by atoms with Crippen molar-refractivity contribution >= 4 is 29.1 Å². The van der Waals surface area contributed by atoms with Gasteiger partial charge in [0.05, 0.1) is 11.6 Å². The van der Waals surface area contributed by atoms with Gasteiger partial charge in [-0.2, -0.15) is 0 Å². The highest BCUT2D eigenvalue weighted by atomic mass is 32.1. The topological polar surface area (TPSA) is 91.6 Å². The number of nitrogens with one attached hydrogen (secondary N) is 1. The fourth-order valence-corrected chi connectivity index (χ4v) is 2.65. The number of amides is 3. The van der Waals surface area contributed by atoms with Gasteiger partial charge in [0.25, 0.3) is 5.91 Å². The Morgan fingerprint density at radius 2 is 2.19 bits per heavy atom. The number of nitrogens with zero attached hydrogens (tertiary/aromatic N) is 3. The maximum atomic E-state index is 12.4. The average molecular weight is 311 g/mol. The molecule has 1 aliphatic heterocycles. The van der Waals surface area contributed by atoms with Crippen LogP contribution in [0.3, 0.4) is 0 Å². The van der Waals surface area contributed by atoms with Gasteiger partial charge in [0.1, 0.15) is 5.82 Å². The van der Waals surface area contributed by atoms with Crippen LogP contribution in [0.15, 0.2) is 10.9 Å². The van der Waals surface area contributed by atoms with Crippen LogP contribution in [0.25, 0.3) is 0 Å². The molecule has 0 unspecified atom stereocenters. The van der Waals surface area contributed by atoms with Crippen molar-refractivity contribution in [3.05, 3.63) is 10.9 Å². The molecule has 0 spiro atoms. The van der Waals surface area contributed by atoms with Gasteiger partial charge in [0, 0.05) is 18.5 Å². The van der Waals surface area contributed by atoms with Crippen LogP contribution >= 0.6 is 11.3 Å². The van der Waals surface area contributed by atoms with Crippen LogP contribution in [0, 0.1) is 5.92 Å². The van der Waals surface area contributed by atoms with E-state index in [0.29, 0.717) is 18.9 Å². The Hall–Kier alpha value is -1.67. The highest BCUT2D eigenvalue weighted by Gasteiger charge is 2.34. The van der Waals surface area contributed by atoms with E-state index in [2.05, 4.69) is 10.3 Å². The Morgan fingerprint density at radius 3 is 2.81 bits per heavy atom. The van der Waals surface area contributed by atoms with Gasteiger partial charge in [-0.3, -0.25) is 10.1 Å². The van der Waals surface area contributed by atoms with Gasteiger partial charge in [-0.25, -0.2) is 19.8 Å². The summed E-state index contributed by atoms with van der Waals surface area (Å²) in [6.07, 6.45) is 1.58. The van der Waals surface area contributed by atoms with Crippen molar-refractivity contribution in [3.8, 4) is 0 Å². The zero-order valence-corrected chi connectivity index (χ0v) is 13.1. The molecule has 0 bridgehead atoms. The molecular weight excluding hydrogens is 290 g/mol. The molecule has 8 heteroatoms. The largest absolute Gasteiger partial charge is 0.341 e. The van der Waals surface area contributed by atoms with Crippen molar-refractivity contribution < 1.29 is 9.59 Å². The van der Waals surface area contributed by atoms with Crippen LogP contribution in [0.4, 0.5) is 10.6 Å². The van der Waals surface area contributed by atoms with E-state index in [1.54, 1.807) is 10.9 Å². The number of aromatic nitrogens is 1. The van der Waals surface area contributed by atoms with Gasteiger partial charge in [-0.05, 0) is 12.3 Å². The number of carbonyl (C=O) groups is 2. The van der Waals surface area contributed by atoms with Crippen molar-refractivity contribution in [2.24, 2.45) is 11.7 Å². The maximum Gasteiger partial charge on any atom is 0.341 e. The van der Waals surface area contributed by atoms with Crippen molar-refractivity contribution in [1.29, 1.82) is 0 Å². The molecule has 0 aliphatic carbocycles. The van der Waals surface area contributed by atoms with E-state index >= 15 is 0 Å². The lowest BCUT2D eigenvalue weighted by Crippen LogP contribution is -2.53. The monoisotopic (exact) mass is 311 g/mol. The molecule has 1 aromatic heterocycles. The number of hydrazine groups is 1. The number of hydrogen-bond acceptors (Lipinski definition) is 5. The molecule has 1 aliphatic rings. The number of anilines is 1. The first-order valence-electron chi connectivity index (χ1n) is 7.08. The number of hydrogen-bond donors (Lipinski definition) is 2. The predicted molar refractivity (Wildman–Crippen MR) is 81.6 cm³/mol. The van der Waals surface area contributed by atoms with E-state index in [4.69, 9.17) is 5.73 Å². The summed E-state index contributed by atoms with van der Waals surface area (Å²) in [5.41, 5.74) is 7.63. The van der Waals surface area contributed by atoms with E-state index in [1.807, 2.05) is 13.8 Å². The summed E-state index contributed by atoms with van der Waals surface area (Å²) in [6.45, 7) is 4.97. The van der Waals surface area contributed by atoms with Gasteiger partial charge >= 0.3 is 6.03 Å². The van der Waals surface area contributed by atoms with E-state index in [-0.39, 0.29) is 17.9 Å². The van der Waals surface area contributed by atoms with Crippen LogP contribution in [-0.2, 0) is 4.79 Å². The number of thiazole rings is 1. The lowest BCUT2D eigenvalue weighted by Gasteiger charge is -2.31. The number of urea groups is 1. The molecule has 1 fully saturated rings. The fourth-order valence-electron chi connectivity index (χ4n) is 2.17. The normalized spacial score (nSPS) is 17.7. The van der Waals surface area contributed by atoms with Crippen LogP contribution in [0.5, 0.6) is 0 Å². The first-order valence-corrected chi connectivity index (χ1v) is 8.02. The number of carbonyl (C=O) groups excluding carboxylic acids is 2. The molecule has 3 N–H and O–H groups in total. The third-order valence-corrected chi connectivity index (χ3v) is 4.32. The Labute approximate surface area is 128 Å².